The zero-order valence-electron chi connectivity index (χ0n) is 16.4. The van der Waals surface area contributed by atoms with Crippen LogP contribution in [0.25, 0.3) is 0 Å². The molecule has 164 valence electrons. The van der Waals surface area contributed by atoms with Gasteiger partial charge in [-0.15, -0.1) is 0 Å². The SMILES string of the molecule is CC(=O)c1ccc(NC(=O)CCC(=O)OCC(=O)Nc2cccc(C(F)(F)F)c2)cc1. The van der Waals surface area contributed by atoms with E-state index in [-0.39, 0.29) is 24.3 Å². The number of ketones is 1. The van der Waals surface area contributed by atoms with E-state index in [0.29, 0.717) is 11.3 Å². The molecule has 10 heteroatoms. The molecule has 0 saturated carbocycles. The van der Waals surface area contributed by atoms with Gasteiger partial charge in [-0.3, -0.25) is 19.2 Å². The molecule has 2 N–H and O–H groups in total. The van der Waals surface area contributed by atoms with Crippen molar-refractivity contribution in [2.75, 3.05) is 17.2 Å². The molecule has 0 heterocycles. The second-order valence-electron chi connectivity index (χ2n) is 6.47. The number of Topliss-reactive ketones (excluding diaryl/α,β-unsaturated/α-hetero) is 1. The Balaban J connectivity index is 1.73. The smallest absolute Gasteiger partial charge is 0.416 e. The fourth-order valence-electron chi connectivity index (χ4n) is 2.42. The Hall–Kier alpha value is -3.69. The Kier molecular flexibility index (Phi) is 7.89. The summed E-state index contributed by atoms with van der Waals surface area (Å²) in [6.07, 6.45) is -5.06. The first-order chi connectivity index (χ1) is 14.5. The monoisotopic (exact) mass is 436 g/mol. The van der Waals surface area contributed by atoms with Gasteiger partial charge in [-0.1, -0.05) is 6.07 Å². The lowest BCUT2D eigenvalue weighted by Gasteiger charge is -2.10. The fourth-order valence-corrected chi connectivity index (χ4v) is 2.42. The van der Waals surface area contributed by atoms with Gasteiger partial charge in [-0.2, -0.15) is 13.2 Å². The van der Waals surface area contributed by atoms with Gasteiger partial charge in [0.1, 0.15) is 0 Å². The van der Waals surface area contributed by atoms with Crippen molar-refractivity contribution in [3.8, 4) is 0 Å². The first kappa shape index (κ1) is 23.6. The van der Waals surface area contributed by atoms with Gasteiger partial charge >= 0.3 is 12.1 Å². The van der Waals surface area contributed by atoms with Gasteiger partial charge in [0.2, 0.25) is 5.91 Å². The fraction of sp³-hybridized carbons (Fsp3) is 0.238. The van der Waals surface area contributed by atoms with Crippen LogP contribution in [0.2, 0.25) is 0 Å². The van der Waals surface area contributed by atoms with E-state index in [9.17, 15) is 32.3 Å². The Labute approximate surface area is 175 Å². The summed E-state index contributed by atoms with van der Waals surface area (Å²) >= 11 is 0. The molecule has 7 nitrogen and oxygen atoms in total. The lowest BCUT2D eigenvalue weighted by molar-refractivity contribution is -0.147. The quantitative estimate of drug-likeness (QED) is 0.484. The van der Waals surface area contributed by atoms with Crippen LogP contribution in [-0.2, 0) is 25.3 Å². The van der Waals surface area contributed by atoms with E-state index in [4.69, 9.17) is 4.74 Å². The molecule has 2 aromatic carbocycles. The second kappa shape index (κ2) is 10.4. The highest BCUT2D eigenvalue weighted by Gasteiger charge is 2.30. The summed E-state index contributed by atoms with van der Waals surface area (Å²) in [6.45, 7) is 0.711. The average Bonchev–Trinajstić information content (AvgIpc) is 2.70. The minimum absolute atomic E-state index is 0.0916. The molecule has 0 aliphatic heterocycles. The number of carbonyl (C=O) groups excluding carboxylic acids is 4. The van der Waals surface area contributed by atoms with Gasteiger partial charge in [-0.05, 0) is 49.4 Å². The maximum absolute atomic E-state index is 12.7. The number of carbonyl (C=O) groups is 4. The van der Waals surface area contributed by atoms with Crippen LogP contribution in [-0.4, -0.2) is 30.2 Å². The standard InChI is InChI=1S/C21H19F3N2O5/c1-13(27)14-5-7-16(8-6-14)25-18(28)9-10-20(30)31-12-19(29)26-17-4-2-3-15(11-17)21(22,23)24/h2-8,11H,9-10,12H2,1H3,(H,25,28)(H,26,29). The number of hydrogen-bond donors (Lipinski definition) is 2. The lowest BCUT2D eigenvalue weighted by atomic mass is 10.1. The number of esters is 1. The van der Waals surface area contributed by atoms with Crippen molar-refractivity contribution in [1.29, 1.82) is 0 Å². The Morgan fingerprint density at radius 3 is 2.13 bits per heavy atom. The molecule has 0 atom stereocenters. The van der Waals surface area contributed by atoms with E-state index < -0.39 is 36.1 Å². The molecular weight excluding hydrogens is 417 g/mol. The van der Waals surface area contributed by atoms with Gasteiger partial charge in [0.25, 0.3) is 5.91 Å². The van der Waals surface area contributed by atoms with Crippen molar-refractivity contribution in [3.05, 3.63) is 59.7 Å². The number of amides is 2. The summed E-state index contributed by atoms with van der Waals surface area (Å²) in [6, 6.07) is 10.2. The molecule has 2 amide bonds. The van der Waals surface area contributed by atoms with E-state index in [2.05, 4.69) is 10.6 Å². The molecule has 0 bridgehead atoms. The molecule has 31 heavy (non-hydrogen) atoms. The number of alkyl halides is 3. The Morgan fingerprint density at radius 2 is 1.52 bits per heavy atom. The molecule has 0 unspecified atom stereocenters. The van der Waals surface area contributed by atoms with E-state index in [0.717, 1.165) is 18.2 Å². The number of anilines is 2. The maximum atomic E-state index is 12.7. The van der Waals surface area contributed by atoms with Gasteiger partial charge < -0.3 is 15.4 Å². The predicted molar refractivity (Wildman–Crippen MR) is 105 cm³/mol. The Bertz CT molecular complexity index is 972. The summed E-state index contributed by atoms with van der Waals surface area (Å²) in [5.41, 5.74) is -0.0795. The molecule has 0 aliphatic carbocycles. The Morgan fingerprint density at radius 1 is 0.871 bits per heavy atom. The lowest BCUT2D eigenvalue weighted by Crippen LogP contribution is -2.22. The minimum Gasteiger partial charge on any atom is -0.456 e. The number of halogens is 3. The van der Waals surface area contributed by atoms with Crippen LogP contribution in [0, 0.1) is 0 Å². The van der Waals surface area contributed by atoms with Gasteiger partial charge in [0.05, 0.1) is 12.0 Å². The first-order valence-corrected chi connectivity index (χ1v) is 9.08. The highest BCUT2D eigenvalue weighted by Crippen LogP contribution is 2.30. The zero-order valence-corrected chi connectivity index (χ0v) is 16.4. The molecule has 2 aromatic rings. The van der Waals surface area contributed by atoms with Crippen molar-refractivity contribution in [3.63, 3.8) is 0 Å². The van der Waals surface area contributed by atoms with Crippen LogP contribution in [0.15, 0.2) is 48.5 Å². The van der Waals surface area contributed by atoms with Crippen LogP contribution < -0.4 is 10.6 Å². The molecule has 0 saturated heterocycles. The number of hydrogen-bond acceptors (Lipinski definition) is 5. The molecule has 0 fully saturated rings. The summed E-state index contributed by atoms with van der Waals surface area (Å²) in [5, 5.41) is 4.75. The molecule has 0 aromatic heterocycles. The van der Waals surface area contributed by atoms with Gasteiger partial charge in [-0.25, -0.2) is 0 Å². The van der Waals surface area contributed by atoms with Crippen LogP contribution >= 0.6 is 0 Å². The second-order valence-corrected chi connectivity index (χ2v) is 6.47. The van der Waals surface area contributed by atoms with Crippen LogP contribution in [0.1, 0.15) is 35.7 Å². The molecule has 2 rings (SSSR count). The third kappa shape index (κ3) is 7.92. The highest BCUT2D eigenvalue weighted by molar-refractivity contribution is 5.96. The highest BCUT2D eigenvalue weighted by atomic mass is 19.4. The molecule has 0 spiro atoms. The number of rotatable bonds is 8. The third-order valence-electron chi connectivity index (χ3n) is 3.97. The molecule has 0 aliphatic rings. The topological polar surface area (TPSA) is 102 Å². The minimum atomic E-state index is -4.55. The van der Waals surface area contributed by atoms with E-state index in [1.807, 2.05) is 0 Å². The zero-order chi connectivity index (χ0) is 23.0. The normalized spacial score (nSPS) is 10.8. The maximum Gasteiger partial charge on any atom is 0.416 e. The van der Waals surface area contributed by atoms with Crippen molar-refractivity contribution < 1.29 is 37.1 Å². The number of benzene rings is 2. The summed E-state index contributed by atoms with van der Waals surface area (Å²) in [4.78, 5) is 46.5. The van der Waals surface area contributed by atoms with Gasteiger partial charge in [0, 0.05) is 23.4 Å². The summed E-state index contributed by atoms with van der Waals surface area (Å²) < 4.78 is 42.7. The van der Waals surface area contributed by atoms with Crippen LogP contribution in [0.3, 0.4) is 0 Å². The third-order valence-corrected chi connectivity index (χ3v) is 3.97. The first-order valence-electron chi connectivity index (χ1n) is 9.08. The van der Waals surface area contributed by atoms with Gasteiger partial charge in [0.15, 0.2) is 12.4 Å². The van der Waals surface area contributed by atoms with Crippen LogP contribution in [0.5, 0.6) is 0 Å². The van der Waals surface area contributed by atoms with Crippen molar-refractivity contribution >= 4 is 34.9 Å². The summed E-state index contributed by atoms with van der Waals surface area (Å²) in [5.74, 6) is -2.22. The van der Waals surface area contributed by atoms with Crippen LogP contribution in [0.4, 0.5) is 24.5 Å². The largest absolute Gasteiger partial charge is 0.456 e. The van der Waals surface area contributed by atoms with E-state index >= 15 is 0 Å². The van der Waals surface area contributed by atoms with E-state index in [1.165, 1.54) is 13.0 Å². The van der Waals surface area contributed by atoms with Crippen molar-refractivity contribution in [2.45, 2.75) is 25.9 Å². The number of ether oxygens (including phenoxy) is 1. The molecule has 0 radical (unpaired) electrons. The van der Waals surface area contributed by atoms with Crippen molar-refractivity contribution in [1.82, 2.24) is 0 Å². The molecular formula is C21H19F3N2O5. The number of nitrogens with one attached hydrogen (secondary N) is 2. The van der Waals surface area contributed by atoms with E-state index in [1.54, 1.807) is 24.3 Å². The van der Waals surface area contributed by atoms with Crippen molar-refractivity contribution in [2.24, 2.45) is 0 Å². The average molecular weight is 436 g/mol. The predicted octanol–water partition coefficient (Wildman–Crippen LogP) is 3.81. The summed E-state index contributed by atoms with van der Waals surface area (Å²) in [7, 11) is 0.